The van der Waals surface area contributed by atoms with Crippen molar-refractivity contribution in [3.05, 3.63) is 24.3 Å². The smallest absolute Gasteiger partial charge is 0.306 e. The van der Waals surface area contributed by atoms with E-state index in [0.29, 0.717) is 19.3 Å². The number of rotatable bonds is 61. The van der Waals surface area contributed by atoms with Gasteiger partial charge in [0.2, 0.25) is 0 Å². The van der Waals surface area contributed by atoms with Crippen molar-refractivity contribution in [2.24, 2.45) is 0 Å². The van der Waals surface area contributed by atoms with Crippen LogP contribution in [0, 0.1) is 0 Å². The van der Waals surface area contributed by atoms with Gasteiger partial charge in [-0.3, -0.25) is 14.4 Å². The molecule has 73 heavy (non-hydrogen) atoms. The molecule has 1 atom stereocenters. The normalized spacial score (nSPS) is 12.1. The molecule has 0 fully saturated rings. The molecule has 0 aromatic rings. The molecule has 6 nitrogen and oxygen atoms in total. The predicted molar refractivity (Wildman–Crippen MR) is 316 cm³/mol. The van der Waals surface area contributed by atoms with Crippen LogP contribution in [0.4, 0.5) is 0 Å². The molecule has 0 aliphatic heterocycles. The fraction of sp³-hybridized carbons (Fsp3) is 0.896. The van der Waals surface area contributed by atoms with Crippen molar-refractivity contribution < 1.29 is 28.6 Å². The number of ether oxygens (including phenoxy) is 3. The highest BCUT2D eigenvalue weighted by atomic mass is 16.6. The summed E-state index contributed by atoms with van der Waals surface area (Å²) < 4.78 is 16.9. The molecule has 1 unspecified atom stereocenters. The van der Waals surface area contributed by atoms with Gasteiger partial charge in [0.05, 0.1) is 0 Å². The van der Waals surface area contributed by atoms with E-state index >= 15 is 0 Å². The number of carbonyl (C=O) groups excluding carboxylic acids is 3. The molecule has 0 heterocycles. The van der Waals surface area contributed by atoms with Crippen molar-refractivity contribution in [2.75, 3.05) is 13.2 Å². The summed E-state index contributed by atoms with van der Waals surface area (Å²) in [6, 6.07) is 0. The molecule has 0 aliphatic carbocycles. The van der Waals surface area contributed by atoms with Gasteiger partial charge in [0.1, 0.15) is 13.2 Å². The molecule has 0 spiro atoms. The number of carbonyl (C=O) groups is 3. The fourth-order valence-electron chi connectivity index (χ4n) is 10.0. The molecular weight excluding hydrogens is 901 g/mol. The molecule has 0 aromatic heterocycles. The third-order valence-electron chi connectivity index (χ3n) is 15.0. The van der Waals surface area contributed by atoms with Gasteiger partial charge in [0.25, 0.3) is 0 Å². The van der Waals surface area contributed by atoms with E-state index in [1.165, 1.54) is 263 Å². The molecule has 0 rings (SSSR count). The fourth-order valence-corrected chi connectivity index (χ4v) is 10.0. The Morgan fingerprint density at radius 2 is 0.493 bits per heavy atom. The minimum Gasteiger partial charge on any atom is -0.462 e. The van der Waals surface area contributed by atoms with E-state index in [1.54, 1.807) is 0 Å². The topological polar surface area (TPSA) is 78.9 Å². The first kappa shape index (κ1) is 70.9. The molecule has 0 saturated carbocycles. The van der Waals surface area contributed by atoms with Crippen LogP contribution in [0.25, 0.3) is 0 Å². The maximum absolute atomic E-state index is 12.9. The first-order valence-electron chi connectivity index (χ1n) is 32.8. The molecule has 0 amide bonds. The van der Waals surface area contributed by atoms with Crippen molar-refractivity contribution >= 4 is 17.9 Å². The third kappa shape index (κ3) is 60.6. The average molecular weight is 1030 g/mol. The minimum atomic E-state index is -0.765. The van der Waals surface area contributed by atoms with Gasteiger partial charge in [-0.2, -0.15) is 0 Å². The van der Waals surface area contributed by atoms with Crippen LogP contribution in [0.2, 0.25) is 0 Å². The maximum atomic E-state index is 12.9. The van der Waals surface area contributed by atoms with Gasteiger partial charge in [0.15, 0.2) is 6.10 Å². The number of hydrogen-bond donors (Lipinski definition) is 0. The first-order valence-corrected chi connectivity index (χ1v) is 32.8. The predicted octanol–water partition coefficient (Wildman–Crippen LogP) is 22.2. The number of allylic oxidation sites excluding steroid dienone is 4. The van der Waals surface area contributed by atoms with Crippen molar-refractivity contribution in [1.29, 1.82) is 0 Å². The summed E-state index contributed by atoms with van der Waals surface area (Å²) in [4.78, 5) is 38.2. The van der Waals surface area contributed by atoms with Crippen LogP contribution >= 0.6 is 0 Å². The summed E-state index contributed by atoms with van der Waals surface area (Å²) in [5.74, 6) is -0.838. The van der Waals surface area contributed by atoms with E-state index < -0.39 is 6.10 Å². The Balaban J connectivity index is 4.14. The van der Waals surface area contributed by atoms with Crippen LogP contribution < -0.4 is 0 Å². The van der Waals surface area contributed by atoms with Crippen molar-refractivity contribution in [1.82, 2.24) is 0 Å². The third-order valence-corrected chi connectivity index (χ3v) is 15.0. The van der Waals surface area contributed by atoms with Gasteiger partial charge >= 0.3 is 17.9 Å². The molecule has 6 heteroatoms. The van der Waals surface area contributed by atoms with E-state index in [1.807, 2.05) is 0 Å². The monoisotopic (exact) mass is 1030 g/mol. The lowest BCUT2D eigenvalue weighted by atomic mass is 10.0. The molecule has 0 bridgehead atoms. The van der Waals surface area contributed by atoms with Crippen LogP contribution in [0.15, 0.2) is 24.3 Å². The molecule has 0 aliphatic rings. The van der Waals surface area contributed by atoms with Crippen LogP contribution in [-0.4, -0.2) is 37.2 Å². The Hall–Kier alpha value is -2.11. The lowest BCUT2D eigenvalue weighted by Gasteiger charge is -2.18. The Labute approximate surface area is 455 Å². The zero-order valence-electron chi connectivity index (χ0n) is 49.4. The summed E-state index contributed by atoms with van der Waals surface area (Å²) in [5, 5.41) is 0. The number of esters is 3. The second kappa shape index (κ2) is 62.4. The van der Waals surface area contributed by atoms with E-state index in [0.717, 1.165) is 64.2 Å². The van der Waals surface area contributed by atoms with Gasteiger partial charge in [-0.15, -0.1) is 0 Å². The Morgan fingerprint density at radius 1 is 0.274 bits per heavy atom. The standard InChI is InChI=1S/C67H126O6/c1-4-7-10-13-16-19-22-24-26-28-30-31-32-33-34-35-36-37-38-40-41-43-45-48-51-54-57-60-66(69)72-63-64(62-71-65(68)59-56-53-50-47-21-18-15-12-9-6-3)73-67(70)61-58-55-52-49-46-44-42-39-29-27-25-23-20-17-14-11-8-5-2/h22,24,28,30,64H,4-21,23,25-27,29,31-63H2,1-3H3/b24-22-,30-28-. The SMILES string of the molecule is CCCCCCC/C=C\C/C=C\CCCCCCCCCCCCCCCCCC(=O)OCC(COC(=O)CCCCCCCCCCCC)OC(=O)CCCCCCCCCCCCCCCCCCCC. The van der Waals surface area contributed by atoms with E-state index in [2.05, 4.69) is 45.1 Å². The minimum absolute atomic E-state index is 0.0644. The van der Waals surface area contributed by atoms with Gasteiger partial charge in [-0.25, -0.2) is 0 Å². The maximum Gasteiger partial charge on any atom is 0.306 e. The van der Waals surface area contributed by atoms with Gasteiger partial charge in [-0.05, 0) is 51.4 Å². The van der Waals surface area contributed by atoms with E-state index in [4.69, 9.17) is 14.2 Å². The summed E-state index contributed by atoms with van der Waals surface area (Å²) in [7, 11) is 0. The summed E-state index contributed by atoms with van der Waals surface area (Å²) in [6.45, 7) is 6.68. The van der Waals surface area contributed by atoms with Crippen LogP contribution in [0.3, 0.4) is 0 Å². The van der Waals surface area contributed by atoms with Crippen molar-refractivity contribution in [2.45, 2.75) is 374 Å². The molecule has 430 valence electrons. The lowest BCUT2D eigenvalue weighted by molar-refractivity contribution is -0.167. The molecule has 0 saturated heterocycles. The van der Waals surface area contributed by atoms with Crippen LogP contribution in [0.1, 0.15) is 367 Å². The zero-order chi connectivity index (χ0) is 52.9. The molecule has 0 N–H and O–H groups in total. The Kier molecular flexibility index (Phi) is 60.6. The highest BCUT2D eigenvalue weighted by molar-refractivity contribution is 5.71. The summed E-state index contributed by atoms with van der Waals surface area (Å²) in [5.41, 5.74) is 0. The Bertz CT molecular complexity index is 1180. The first-order chi connectivity index (χ1) is 36.0. The summed E-state index contributed by atoms with van der Waals surface area (Å²) >= 11 is 0. The molecular formula is C67H126O6. The summed E-state index contributed by atoms with van der Waals surface area (Å²) in [6.07, 6.45) is 74.9. The number of hydrogen-bond acceptors (Lipinski definition) is 6. The van der Waals surface area contributed by atoms with Gasteiger partial charge < -0.3 is 14.2 Å². The second-order valence-electron chi connectivity index (χ2n) is 22.4. The number of unbranched alkanes of at least 4 members (excludes halogenated alkanes) is 46. The van der Waals surface area contributed by atoms with E-state index in [9.17, 15) is 14.4 Å². The lowest BCUT2D eigenvalue weighted by Crippen LogP contribution is -2.30. The highest BCUT2D eigenvalue weighted by Crippen LogP contribution is 2.18. The zero-order valence-corrected chi connectivity index (χ0v) is 49.4. The van der Waals surface area contributed by atoms with Crippen molar-refractivity contribution in [3.8, 4) is 0 Å². The van der Waals surface area contributed by atoms with Crippen LogP contribution in [0.5, 0.6) is 0 Å². The van der Waals surface area contributed by atoms with Gasteiger partial charge in [0, 0.05) is 19.3 Å². The Morgan fingerprint density at radius 3 is 0.753 bits per heavy atom. The molecule has 0 radical (unpaired) electrons. The largest absolute Gasteiger partial charge is 0.462 e. The average Bonchev–Trinajstić information content (AvgIpc) is 3.39. The van der Waals surface area contributed by atoms with Gasteiger partial charge in [-0.1, -0.05) is 321 Å². The van der Waals surface area contributed by atoms with E-state index in [-0.39, 0.29) is 31.1 Å². The molecule has 0 aromatic carbocycles. The van der Waals surface area contributed by atoms with Crippen molar-refractivity contribution in [3.63, 3.8) is 0 Å². The quantitative estimate of drug-likeness (QED) is 0.0261. The van der Waals surface area contributed by atoms with Crippen LogP contribution in [-0.2, 0) is 28.6 Å². The highest BCUT2D eigenvalue weighted by Gasteiger charge is 2.19. The second-order valence-corrected chi connectivity index (χ2v) is 22.4.